The average molecular weight is 308 g/mol. The number of hydrogen-bond acceptors (Lipinski definition) is 4. The summed E-state index contributed by atoms with van der Waals surface area (Å²) < 4.78 is 32.5. The third-order valence-corrected chi connectivity index (χ3v) is 5.31. The number of fused-ring (bicyclic) bond motifs is 1. The van der Waals surface area contributed by atoms with Crippen molar-refractivity contribution in [1.82, 2.24) is 4.72 Å². The lowest BCUT2D eigenvalue weighted by atomic mass is 9.69. The molecule has 0 aromatic heterocycles. The van der Waals surface area contributed by atoms with Gasteiger partial charge in [-0.3, -0.25) is 0 Å². The van der Waals surface area contributed by atoms with E-state index in [1.165, 1.54) is 5.41 Å². The van der Waals surface area contributed by atoms with Gasteiger partial charge in [-0.15, -0.1) is 0 Å². The maximum absolute atomic E-state index is 12.1. The minimum atomic E-state index is -3.51. The zero-order valence-electron chi connectivity index (χ0n) is 11.7. The highest BCUT2D eigenvalue weighted by Crippen LogP contribution is 2.37. The van der Waals surface area contributed by atoms with Gasteiger partial charge in [0.1, 0.15) is 0 Å². The minimum absolute atomic E-state index is 0.0753. The quantitative estimate of drug-likeness (QED) is 0.872. The third kappa shape index (κ3) is 3.18. The molecule has 3 rings (SSSR count). The number of nitrogens with two attached hydrogens (primary N) is 1. The first-order chi connectivity index (χ1) is 10.1. The van der Waals surface area contributed by atoms with E-state index in [1.807, 2.05) is 30.3 Å². The van der Waals surface area contributed by atoms with Crippen LogP contribution in [0, 0.1) is 5.92 Å². The Balaban J connectivity index is 1.65. The van der Waals surface area contributed by atoms with E-state index in [0.717, 1.165) is 18.4 Å². The summed E-state index contributed by atoms with van der Waals surface area (Å²) in [5, 5.41) is 1.19. The van der Waals surface area contributed by atoms with Crippen LogP contribution in [0.1, 0.15) is 18.4 Å². The van der Waals surface area contributed by atoms with Gasteiger partial charge in [0.05, 0.1) is 12.1 Å². The van der Waals surface area contributed by atoms with Crippen molar-refractivity contribution in [2.24, 2.45) is 11.7 Å². The Labute approximate surface area is 125 Å². The summed E-state index contributed by atoms with van der Waals surface area (Å²) in [6.45, 7) is 0.686. The summed E-state index contributed by atoms with van der Waals surface area (Å²) in [5.74, 6) is 0.282. The van der Waals surface area contributed by atoms with Crippen molar-refractivity contribution in [2.45, 2.75) is 31.0 Å². The van der Waals surface area contributed by atoms with E-state index >= 15 is 0 Å². The van der Waals surface area contributed by atoms with Gasteiger partial charge in [-0.25, -0.2) is 13.1 Å². The van der Waals surface area contributed by atoms with Crippen LogP contribution >= 0.6 is 0 Å². The average Bonchev–Trinajstić information content (AvgIpc) is 2.52. The van der Waals surface area contributed by atoms with Gasteiger partial charge in [-0.1, -0.05) is 30.3 Å². The lowest BCUT2D eigenvalue weighted by molar-refractivity contribution is -0.114. The standard InChI is InChI=1S/C15H20N2O3S/c16-13-12-7-4-9-20-15(12)14(13)17-21(18,19)10-8-11-5-2-1-3-6-11/h1-3,5-6,8,10,12-15,17H,4,7,9,16H2. The van der Waals surface area contributed by atoms with Crippen LogP contribution in [-0.4, -0.2) is 33.2 Å². The Morgan fingerprint density at radius 2 is 2.05 bits per heavy atom. The molecule has 4 unspecified atom stereocenters. The molecule has 0 radical (unpaired) electrons. The second-order valence-electron chi connectivity index (χ2n) is 5.62. The second kappa shape index (κ2) is 5.88. The summed E-state index contributed by atoms with van der Waals surface area (Å²) in [7, 11) is -3.51. The minimum Gasteiger partial charge on any atom is -0.376 e. The number of sulfonamides is 1. The monoisotopic (exact) mass is 308 g/mol. The van der Waals surface area contributed by atoms with Crippen LogP contribution in [0.2, 0.25) is 0 Å². The molecular weight excluding hydrogens is 288 g/mol. The first-order valence-electron chi connectivity index (χ1n) is 7.19. The Kier molecular flexibility index (Phi) is 4.12. The molecule has 6 heteroatoms. The van der Waals surface area contributed by atoms with E-state index in [4.69, 9.17) is 10.5 Å². The lowest BCUT2D eigenvalue weighted by Gasteiger charge is -2.52. The van der Waals surface area contributed by atoms with Crippen molar-refractivity contribution in [2.75, 3.05) is 6.61 Å². The predicted octanol–water partition coefficient (Wildman–Crippen LogP) is 1.08. The van der Waals surface area contributed by atoms with Crippen molar-refractivity contribution in [3.8, 4) is 0 Å². The van der Waals surface area contributed by atoms with Crippen LogP contribution in [0.3, 0.4) is 0 Å². The Morgan fingerprint density at radius 1 is 1.29 bits per heavy atom. The molecule has 114 valence electrons. The first kappa shape index (κ1) is 14.7. The van der Waals surface area contributed by atoms with Crippen LogP contribution in [0.15, 0.2) is 35.7 Å². The van der Waals surface area contributed by atoms with E-state index < -0.39 is 10.0 Å². The largest absolute Gasteiger partial charge is 0.376 e. The van der Waals surface area contributed by atoms with Gasteiger partial charge in [0.25, 0.3) is 0 Å². The van der Waals surface area contributed by atoms with Gasteiger partial charge in [0.2, 0.25) is 10.0 Å². The normalized spacial score (nSPS) is 32.6. The molecule has 1 aromatic carbocycles. The maximum Gasteiger partial charge on any atom is 0.234 e. The number of rotatable bonds is 4. The predicted molar refractivity (Wildman–Crippen MR) is 81.8 cm³/mol. The number of nitrogens with one attached hydrogen (secondary N) is 1. The molecule has 21 heavy (non-hydrogen) atoms. The summed E-state index contributed by atoms with van der Waals surface area (Å²) >= 11 is 0. The molecule has 3 N–H and O–H groups in total. The Bertz CT molecular complexity index is 615. The summed E-state index contributed by atoms with van der Waals surface area (Å²) in [6.07, 6.45) is 3.52. The lowest BCUT2D eigenvalue weighted by Crippen LogP contribution is -2.71. The topological polar surface area (TPSA) is 81.4 Å². The maximum atomic E-state index is 12.1. The third-order valence-electron chi connectivity index (χ3n) is 4.22. The molecule has 1 aliphatic carbocycles. The van der Waals surface area contributed by atoms with E-state index in [1.54, 1.807) is 6.08 Å². The number of ether oxygens (including phenoxy) is 1. The van der Waals surface area contributed by atoms with Crippen LogP contribution in [0.5, 0.6) is 0 Å². The highest BCUT2D eigenvalue weighted by atomic mass is 32.2. The molecule has 1 saturated carbocycles. The molecule has 0 bridgehead atoms. The first-order valence-corrected chi connectivity index (χ1v) is 8.74. The van der Waals surface area contributed by atoms with Crippen LogP contribution in [0.4, 0.5) is 0 Å². The van der Waals surface area contributed by atoms with E-state index in [-0.39, 0.29) is 24.1 Å². The summed E-state index contributed by atoms with van der Waals surface area (Å²) in [6, 6.07) is 8.83. The molecule has 1 saturated heterocycles. The number of benzene rings is 1. The smallest absolute Gasteiger partial charge is 0.234 e. The van der Waals surface area contributed by atoms with Crippen molar-refractivity contribution in [3.63, 3.8) is 0 Å². The van der Waals surface area contributed by atoms with Gasteiger partial charge in [-0.05, 0) is 24.5 Å². The Morgan fingerprint density at radius 3 is 2.81 bits per heavy atom. The van der Waals surface area contributed by atoms with E-state index in [9.17, 15) is 8.42 Å². The zero-order valence-corrected chi connectivity index (χ0v) is 12.5. The number of hydrogen-bond donors (Lipinski definition) is 2. The van der Waals surface area contributed by atoms with Gasteiger partial charge >= 0.3 is 0 Å². The zero-order chi connectivity index (χ0) is 14.9. The molecule has 5 nitrogen and oxygen atoms in total. The fraction of sp³-hybridized carbons (Fsp3) is 0.467. The van der Waals surface area contributed by atoms with Gasteiger partial charge in [0, 0.05) is 24.0 Å². The highest BCUT2D eigenvalue weighted by Gasteiger charge is 2.51. The summed E-state index contributed by atoms with van der Waals surface area (Å²) in [5.41, 5.74) is 6.90. The van der Waals surface area contributed by atoms with Gasteiger partial charge in [-0.2, -0.15) is 0 Å². The Hall–Kier alpha value is -1.21. The van der Waals surface area contributed by atoms with Gasteiger partial charge in [0.15, 0.2) is 0 Å². The van der Waals surface area contributed by atoms with Crippen molar-refractivity contribution >= 4 is 16.1 Å². The molecule has 2 aliphatic rings. The van der Waals surface area contributed by atoms with Crippen LogP contribution < -0.4 is 10.5 Å². The van der Waals surface area contributed by atoms with Crippen LogP contribution in [-0.2, 0) is 14.8 Å². The molecule has 4 atom stereocenters. The van der Waals surface area contributed by atoms with Gasteiger partial charge < -0.3 is 10.5 Å². The summed E-state index contributed by atoms with van der Waals surface area (Å²) in [4.78, 5) is 0. The molecule has 1 aliphatic heterocycles. The SMILES string of the molecule is NC1C2CCCOC2C1NS(=O)(=O)C=Cc1ccccc1. The molecule has 1 heterocycles. The second-order valence-corrected chi connectivity index (χ2v) is 7.22. The van der Waals surface area contributed by atoms with Crippen molar-refractivity contribution in [3.05, 3.63) is 41.3 Å². The van der Waals surface area contributed by atoms with E-state index in [2.05, 4.69) is 4.72 Å². The molecular formula is C15H20N2O3S. The molecule has 1 aromatic rings. The molecule has 0 amide bonds. The fourth-order valence-corrected chi connectivity index (χ4v) is 4.14. The van der Waals surface area contributed by atoms with Crippen molar-refractivity contribution in [1.29, 1.82) is 0 Å². The van der Waals surface area contributed by atoms with Crippen LogP contribution in [0.25, 0.3) is 6.08 Å². The fourth-order valence-electron chi connectivity index (χ4n) is 3.05. The molecule has 2 fully saturated rings. The molecule has 0 spiro atoms. The van der Waals surface area contributed by atoms with Crippen molar-refractivity contribution < 1.29 is 13.2 Å². The highest BCUT2D eigenvalue weighted by molar-refractivity contribution is 7.92. The van der Waals surface area contributed by atoms with E-state index in [0.29, 0.717) is 6.61 Å².